The van der Waals surface area contributed by atoms with E-state index in [1.165, 1.54) is 0 Å². The smallest absolute Gasteiger partial charge is 0.371 e. The first-order valence-corrected chi connectivity index (χ1v) is 7.50. The summed E-state index contributed by atoms with van der Waals surface area (Å²) in [4.78, 5) is 10.7. The molecule has 0 saturated carbocycles. The number of aromatic nitrogens is 2. The molecule has 0 atom stereocenters. The fourth-order valence-corrected chi connectivity index (χ4v) is 2.45. The van der Waals surface area contributed by atoms with E-state index in [1.54, 1.807) is 6.07 Å². The molecule has 21 heavy (non-hydrogen) atoms. The van der Waals surface area contributed by atoms with Gasteiger partial charge in [0.15, 0.2) is 5.82 Å². The highest BCUT2D eigenvalue weighted by atomic mass is 32.2. The van der Waals surface area contributed by atoms with Gasteiger partial charge in [0.1, 0.15) is 0 Å². The molecule has 0 radical (unpaired) electrons. The highest BCUT2D eigenvalue weighted by molar-refractivity contribution is 7.92. The molecule has 0 unspecified atom stereocenters. The number of aromatic amines is 1. The first-order chi connectivity index (χ1) is 9.59. The minimum atomic E-state index is -4.02. The monoisotopic (exact) mass is 313 g/mol. The van der Waals surface area contributed by atoms with Gasteiger partial charge in [-0.1, -0.05) is 20.8 Å². The Morgan fingerprint density at radius 2 is 2.05 bits per heavy atom. The van der Waals surface area contributed by atoms with Crippen LogP contribution >= 0.6 is 0 Å². The van der Waals surface area contributed by atoms with Crippen molar-refractivity contribution >= 4 is 21.8 Å². The highest BCUT2D eigenvalue weighted by Crippen LogP contribution is 2.23. The number of nitrogens with one attached hydrogen (secondary N) is 2. The molecular formula is C12H15N3O5S. The predicted octanol–water partition coefficient (Wildman–Crippen LogP) is 1.80. The average molecular weight is 313 g/mol. The Kier molecular flexibility index (Phi) is 3.54. The quantitative estimate of drug-likeness (QED) is 0.790. The van der Waals surface area contributed by atoms with Gasteiger partial charge in [-0.15, -0.1) is 0 Å². The number of carboxylic acids is 1. The lowest BCUT2D eigenvalue weighted by Gasteiger charge is -2.14. The maximum absolute atomic E-state index is 12.0. The van der Waals surface area contributed by atoms with Gasteiger partial charge in [0, 0.05) is 17.2 Å². The summed E-state index contributed by atoms with van der Waals surface area (Å²) in [6, 6.07) is 3.71. The van der Waals surface area contributed by atoms with Crippen LogP contribution in [-0.4, -0.2) is 29.7 Å². The van der Waals surface area contributed by atoms with E-state index in [0.29, 0.717) is 0 Å². The third kappa shape index (κ3) is 3.24. The molecule has 0 amide bonds. The van der Waals surface area contributed by atoms with Crippen molar-refractivity contribution in [3.8, 4) is 0 Å². The summed E-state index contributed by atoms with van der Waals surface area (Å²) >= 11 is 0. The summed E-state index contributed by atoms with van der Waals surface area (Å²) in [5, 5.41) is 14.8. The van der Waals surface area contributed by atoms with Crippen molar-refractivity contribution in [3.63, 3.8) is 0 Å². The molecule has 0 aromatic carbocycles. The largest absolute Gasteiger partial charge is 0.475 e. The van der Waals surface area contributed by atoms with Gasteiger partial charge in [0.25, 0.3) is 10.0 Å². The number of aromatic carboxylic acids is 1. The van der Waals surface area contributed by atoms with E-state index in [9.17, 15) is 13.2 Å². The van der Waals surface area contributed by atoms with Crippen LogP contribution in [0.1, 0.15) is 37.0 Å². The van der Waals surface area contributed by atoms with Crippen molar-refractivity contribution in [2.24, 2.45) is 0 Å². The molecule has 0 bridgehead atoms. The van der Waals surface area contributed by atoms with Crippen molar-refractivity contribution in [1.29, 1.82) is 0 Å². The lowest BCUT2D eigenvalue weighted by atomic mass is 9.92. The second-order valence-electron chi connectivity index (χ2n) is 5.45. The summed E-state index contributed by atoms with van der Waals surface area (Å²) in [5.41, 5.74) is 0.545. The lowest BCUT2D eigenvalue weighted by Crippen LogP contribution is -2.13. The minimum Gasteiger partial charge on any atom is -0.475 e. The van der Waals surface area contributed by atoms with E-state index in [0.717, 1.165) is 17.8 Å². The Morgan fingerprint density at radius 3 is 2.52 bits per heavy atom. The number of rotatable bonds is 4. The van der Waals surface area contributed by atoms with E-state index in [4.69, 9.17) is 9.52 Å². The zero-order chi connectivity index (χ0) is 15.8. The number of hydrogen-bond donors (Lipinski definition) is 3. The van der Waals surface area contributed by atoms with Crippen molar-refractivity contribution in [2.75, 3.05) is 4.72 Å². The third-order valence-electron chi connectivity index (χ3n) is 2.68. The number of H-pyrrole nitrogens is 1. The van der Waals surface area contributed by atoms with Crippen LogP contribution in [0.25, 0.3) is 0 Å². The molecule has 114 valence electrons. The maximum atomic E-state index is 12.0. The van der Waals surface area contributed by atoms with Gasteiger partial charge in [0.05, 0.1) is 0 Å². The summed E-state index contributed by atoms with van der Waals surface area (Å²) < 4.78 is 31.1. The van der Waals surface area contributed by atoms with Crippen LogP contribution in [0.2, 0.25) is 0 Å². The Balaban J connectivity index is 2.24. The third-order valence-corrected chi connectivity index (χ3v) is 3.91. The number of hydrogen-bond acceptors (Lipinski definition) is 5. The molecule has 0 spiro atoms. The SMILES string of the molecule is CC(C)(C)c1cc(NS(=O)(=O)c2ccc(C(=O)O)o2)n[nH]1. The number of carboxylic acid groups (broad SMARTS) is 1. The zero-order valence-corrected chi connectivity index (χ0v) is 12.5. The van der Waals surface area contributed by atoms with Crippen LogP contribution in [0.15, 0.2) is 27.7 Å². The maximum Gasteiger partial charge on any atom is 0.371 e. The Morgan fingerprint density at radius 1 is 1.38 bits per heavy atom. The second kappa shape index (κ2) is 4.92. The van der Waals surface area contributed by atoms with Gasteiger partial charge in [-0.25, -0.2) is 4.79 Å². The molecule has 9 heteroatoms. The molecule has 8 nitrogen and oxygen atoms in total. The fourth-order valence-electron chi connectivity index (χ4n) is 1.53. The van der Waals surface area contributed by atoms with Crippen LogP contribution in [0.4, 0.5) is 5.82 Å². The van der Waals surface area contributed by atoms with Crippen LogP contribution in [0, 0.1) is 0 Å². The number of furan rings is 1. The van der Waals surface area contributed by atoms with Crippen molar-refractivity contribution in [1.82, 2.24) is 10.2 Å². The van der Waals surface area contributed by atoms with Crippen molar-refractivity contribution < 1.29 is 22.7 Å². The Bertz CT molecular complexity index is 767. The molecule has 3 N–H and O–H groups in total. The highest BCUT2D eigenvalue weighted by Gasteiger charge is 2.23. The molecule has 0 fully saturated rings. The minimum absolute atomic E-state index is 0.105. The summed E-state index contributed by atoms with van der Waals surface area (Å²) in [6.45, 7) is 5.85. The van der Waals surface area contributed by atoms with Gasteiger partial charge < -0.3 is 9.52 Å². The van der Waals surface area contributed by atoms with Gasteiger partial charge in [-0.3, -0.25) is 9.82 Å². The standard InChI is InChI=1S/C12H15N3O5S/c1-12(2,3)8-6-9(14-13-8)15-21(18,19)10-5-4-7(20-10)11(16)17/h4-6H,1-3H3,(H,16,17)(H2,13,14,15). The van der Waals surface area contributed by atoms with E-state index >= 15 is 0 Å². The molecule has 0 aliphatic rings. The zero-order valence-electron chi connectivity index (χ0n) is 11.7. The summed E-state index contributed by atoms with van der Waals surface area (Å²) in [7, 11) is -4.02. The van der Waals surface area contributed by atoms with Crippen LogP contribution in [-0.2, 0) is 15.4 Å². The fraction of sp³-hybridized carbons (Fsp3) is 0.333. The molecule has 0 aliphatic carbocycles. The van der Waals surface area contributed by atoms with Crippen LogP contribution < -0.4 is 4.72 Å². The van der Waals surface area contributed by atoms with Crippen molar-refractivity contribution in [3.05, 3.63) is 29.7 Å². The number of sulfonamides is 1. The molecule has 2 aromatic rings. The first kappa shape index (κ1) is 15.1. The van der Waals surface area contributed by atoms with Gasteiger partial charge in [-0.2, -0.15) is 13.5 Å². The second-order valence-corrected chi connectivity index (χ2v) is 7.06. The van der Waals surface area contributed by atoms with Crippen LogP contribution in [0.3, 0.4) is 0 Å². The van der Waals surface area contributed by atoms with Crippen LogP contribution in [0.5, 0.6) is 0 Å². The van der Waals surface area contributed by atoms with E-state index in [2.05, 4.69) is 14.9 Å². The number of anilines is 1. The van der Waals surface area contributed by atoms with Gasteiger partial charge in [-0.05, 0) is 12.1 Å². The van der Waals surface area contributed by atoms with E-state index in [-0.39, 0.29) is 11.2 Å². The Hall–Kier alpha value is -2.29. The molecule has 2 aromatic heterocycles. The molecular weight excluding hydrogens is 298 g/mol. The normalized spacial score (nSPS) is 12.3. The van der Waals surface area contributed by atoms with Crippen molar-refractivity contribution in [2.45, 2.75) is 31.3 Å². The van der Waals surface area contributed by atoms with E-state index < -0.39 is 26.8 Å². The molecule has 0 saturated heterocycles. The summed E-state index contributed by atoms with van der Waals surface area (Å²) in [6.07, 6.45) is 0. The van der Waals surface area contributed by atoms with E-state index in [1.807, 2.05) is 20.8 Å². The average Bonchev–Trinajstić information content (AvgIpc) is 2.94. The topological polar surface area (TPSA) is 125 Å². The summed E-state index contributed by atoms with van der Waals surface area (Å²) in [5.74, 6) is -1.69. The molecule has 2 heterocycles. The van der Waals surface area contributed by atoms with Gasteiger partial charge >= 0.3 is 5.97 Å². The predicted molar refractivity (Wildman–Crippen MR) is 73.8 cm³/mol. The first-order valence-electron chi connectivity index (χ1n) is 6.01. The molecule has 2 rings (SSSR count). The number of nitrogens with zero attached hydrogens (tertiary/aromatic N) is 1. The molecule has 0 aliphatic heterocycles. The number of carbonyl (C=O) groups is 1. The lowest BCUT2D eigenvalue weighted by molar-refractivity contribution is 0.0656. The van der Waals surface area contributed by atoms with Gasteiger partial charge in [0.2, 0.25) is 10.9 Å². The Labute approximate surface area is 121 Å².